The molecular weight excluding hydrogens is 238 g/mol. The molecule has 3 nitrogen and oxygen atoms in total. The summed E-state index contributed by atoms with van der Waals surface area (Å²) in [6.07, 6.45) is 5.59. The molecule has 0 radical (unpaired) electrons. The van der Waals surface area contributed by atoms with Crippen LogP contribution in [0.3, 0.4) is 0 Å². The Bertz CT molecular complexity index is 239. The maximum atomic E-state index is 5.91. The third-order valence-corrected chi connectivity index (χ3v) is 4.47. The first kappa shape index (κ1) is 13.6. The maximum Gasteiger partial charge on any atom is 0.0838 e. The molecule has 2 rings (SSSR count). The number of hydrogen-bond donors (Lipinski definition) is 0. The summed E-state index contributed by atoms with van der Waals surface area (Å²) < 4.78 is 11.2. The molecule has 2 fully saturated rings. The monoisotopic (exact) mass is 261 g/mol. The number of hydrogen-bond acceptors (Lipinski definition) is 3. The molecule has 0 amide bonds. The van der Waals surface area contributed by atoms with Crippen molar-refractivity contribution < 1.29 is 9.47 Å². The van der Waals surface area contributed by atoms with E-state index in [2.05, 4.69) is 11.8 Å². The molecule has 1 heterocycles. The Kier molecular flexibility index (Phi) is 5.10. The van der Waals surface area contributed by atoms with Crippen LogP contribution in [0.15, 0.2) is 0 Å². The van der Waals surface area contributed by atoms with E-state index in [-0.39, 0.29) is 6.10 Å². The molecule has 0 spiro atoms. The molecule has 1 aliphatic heterocycles. The fourth-order valence-electron chi connectivity index (χ4n) is 3.08. The van der Waals surface area contributed by atoms with Crippen molar-refractivity contribution in [3.8, 4) is 0 Å². The highest BCUT2D eigenvalue weighted by Crippen LogP contribution is 2.28. The van der Waals surface area contributed by atoms with Crippen LogP contribution < -0.4 is 0 Å². The molecule has 0 N–H and O–H groups in total. The van der Waals surface area contributed by atoms with Gasteiger partial charge in [-0.25, -0.2) is 0 Å². The molecule has 4 unspecified atom stereocenters. The van der Waals surface area contributed by atoms with Crippen molar-refractivity contribution in [2.45, 2.75) is 56.9 Å². The Morgan fingerprint density at radius 2 is 2.24 bits per heavy atom. The fraction of sp³-hybridized carbons (Fsp3) is 1.00. The lowest BCUT2D eigenvalue weighted by molar-refractivity contribution is -0.0804. The zero-order chi connectivity index (χ0) is 12.3. The summed E-state index contributed by atoms with van der Waals surface area (Å²) in [6, 6.07) is 1.16. The minimum absolute atomic E-state index is 0.204. The van der Waals surface area contributed by atoms with Gasteiger partial charge in [-0.2, -0.15) is 0 Å². The molecule has 100 valence electrons. The van der Waals surface area contributed by atoms with Gasteiger partial charge >= 0.3 is 0 Å². The van der Waals surface area contributed by atoms with E-state index in [1.807, 2.05) is 7.11 Å². The number of rotatable bonds is 3. The van der Waals surface area contributed by atoms with Crippen LogP contribution in [-0.2, 0) is 9.47 Å². The van der Waals surface area contributed by atoms with Crippen LogP contribution in [0.5, 0.6) is 0 Å². The van der Waals surface area contributed by atoms with Gasteiger partial charge in [0.1, 0.15) is 0 Å². The number of halogens is 1. The lowest BCUT2D eigenvalue weighted by Gasteiger charge is -2.44. The van der Waals surface area contributed by atoms with E-state index in [9.17, 15) is 0 Å². The second kappa shape index (κ2) is 6.37. The first-order valence-corrected chi connectivity index (χ1v) is 7.24. The van der Waals surface area contributed by atoms with Crippen molar-refractivity contribution in [3.63, 3.8) is 0 Å². The molecule has 0 aromatic rings. The summed E-state index contributed by atoms with van der Waals surface area (Å²) in [5.41, 5.74) is 0. The van der Waals surface area contributed by atoms with Crippen molar-refractivity contribution in [1.29, 1.82) is 0 Å². The van der Waals surface area contributed by atoms with Gasteiger partial charge in [0.15, 0.2) is 0 Å². The van der Waals surface area contributed by atoms with Crippen LogP contribution >= 0.6 is 11.6 Å². The number of methoxy groups -OCH3 is 1. The van der Waals surface area contributed by atoms with E-state index in [4.69, 9.17) is 21.1 Å². The van der Waals surface area contributed by atoms with E-state index in [1.54, 1.807) is 0 Å². The van der Waals surface area contributed by atoms with E-state index >= 15 is 0 Å². The van der Waals surface area contributed by atoms with Gasteiger partial charge in [0.25, 0.3) is 0 Å². The minimum atomic E-state index is 0.204. The predicted molar refractivity (Wildman–Crippen MR) is 69.7 cm³/mol. The van der Waals surface area contributed by atoms with Crippen LogP contribution in [0.1, 0.15) is 32.6 Å². The lowest BCUT2D eigenvalue weighted by atomic mass is 9.90. The smallest absolute Gasteiger partial charge is 0.0838 e. The highest BCUT2D eigenvalue weighted by molar-refractivity contribution is 6.18. The summed E-state index contributed by atoms with van der Waals surface area (Å²) >= 11 is 5.91. The first-order chi connectivity index (χ1) is 8.24. The molecule has 0 aromatic carbocycles. The summed E-state index contributed by atoms with van der Waals surface area (Å²) in [5.74, 6) is 0.601. The third kappa shape index (κ3) is 3.34. The van der Waals surface area contributed by atoms with Gasteiger partial charge in [-0.1, -0.05) is 0 Å². The molecule has 2 aliphatic rings. The second-order valence-corrected chi connectivity index (χ2v) is 5.64. The Hall–Kier alpha value is 0.170. The van der Waals surface area contributed by atoms with Gasteiger partial charge in [-0.3, -0.25) is 4.90 Å². The van der Waals surface area contributed by atoms with Crippen molar-refractivity contribution >= 4 is 11.6 Å². The highest BCUT2D eigenvalue weighted by atomic mass is 35.5. The normalized spacial score (nSPS) is 40.4. The molecule has 1 saturated heterocycles. The number of alkyl halides is 1. The quantitative estimate of drug-likeness (QED) is 0.728. The van der Waals surface area contributed by atoms with Crippen molar-refractivity contribution in [1.82, 2.24) is 4.90 Å². The molecule has 17 heavy (non-hydrogen) atoms. The first-order valence-electron chi connectivity index (χ1n) is 6.70. The zero-order valence-electron chi connectivity index (χ0n) is 10.9. The fourth-order valence-corrected chi connectivity index (χ4v) is 3.26. The zero-order valence-corrected chi connectivity index (χ0v) is 11.7. The third-order valence-electron chi connectivity index (χ3n) is 4.13. The summed E-state index contributed by atoms with van der Waals surface area (Å²) in [7, 11) is 1.83. The van der Waals surface area contributed by atoms with Gasteiger partial charge in [-0.15, -0.1) is 11.6 Å². The second-order valence-electron chi connectivity index (χ2n) is 5.33. The Morgan fingerprint density at radius 3 is 2.94 bits per heavy atom. The molecule has 1 saturated carbocycles. The van der Waals surface area contributed by atoms with Crippen LogP contribution in [0.25, 0.3) is 0 Å². The summed E-state index contributed by atoms with van der Waals surface area (Å²) in [5, 5.41) is 0. The SMILES string of the molecule is COC1CCCC(N2CC(CCl)OCC2C)C1. The van der Waals surface area contributed by atoms with Crippen molar-refractivity contribution in [2.24, 2.45) is 0 Å². The van der Waals surface area contributed by atoms with Crippen molar-refractivity contribution in [3.05, 3.63) is 0 Å². The van der Waals surface area contributed by atoms with E-state index in [0.717, 1.165) is 19.6 Å². The number of ether oxygens (including phenoxy) is 2. The predicted octanol–water partition coefficient (Wildman–Crippen LogP) is 2.27. The van der Waals surface area contributed by atoms with Gasteiger partial charge in [0.05, 0.1) is 18.8 Å². The standard InChI is InChI=1S/C13H24ClNO2/c1-10-9-17-13(7-14)8-15(10)11-4-3-5-12(6-11)16-2/h10-13H,3-9H2,1-2H3. The van der Waals surface area contributed by atoms with Gasteiger partial charge in [0, 0.05) is 31.6 Å². The van der Waals surface area contributed by atoms with Gasteiger partial charge in [-0.05, 0) is 32.6 Å². The van der Waals surface area contributed by atoms with E-state index < -0.39 is 0 Å². The van der Waals surface area contributed by atoms with Crippen LogP contribution in [0.4, 0.5) is 0 Å². The van der Waals surface area contributed by atoms with Crippen molar-refractivity contribution in [2.75, 3.05) is 26.1 Å². The minimum Gasteiger partial charge on any atom is -0.381 e. The lowest BCUT2D eigenvalue weighted by Crippen LogP contribution is -2.54. The summed E-state index contributed by atoms with van der Waals surface area (Å²) in [6.45, 7) is 4.04. The topological polar surface area (TPSA) is 21.7 Å². The summed E-state index contributed by atoms with van der Waals surface area (Å²) in [4.78, 5) is 2.59. The number of morpholine rings is 1. The number of nitrogens with zero attached hydrogens (tertiary/aromatic N) is 1. The Balaban J connectivity index is 1.94. The average molecular weight is 262 g/mol. The Morgan fingerprint density at radius 1 is 1.41 bits per heavy atom. The van der Waals surface area contributed by atoms with Crippen LogP contribution in [-0.4, -0.2) is 55.3 Å². The molecule has 4 atom stereocenters. The maximum absolute atomic E-state index is 5.91. The molecule has 0 aromatic heterocycles. The van der Waals surface area contributed by atoms with E-state index in [1.165, 1.54) is 19.3 Å². The largest absolute Gasteiger partial charge is 0.381 e. The van der Waals surface area contributed by atoms with E-state index in [0.29, 0.717) is 24.1 Å². The Labute approximate surface area is 109 Å². The van der Waals surface area contributed by atoms with Crippen LogP contribution in [0.2, 0.25) is 0 Å². The van der Waals surface area contributed by atoms with Gasteiger partial charge < -0.3 is 9.47 Å². The molecule has 0 bridgehead atoms. The van der Waals surface area contributed by atoms with Gasteiger partial charge in [0.2, 0.25) is 0 Å². The molecule has 1 aliphatic carbocycles. The van der Waals surface area contributed by atoms with Crippen LogP contribution in [0, 0.1) is 0 Å². The average Bonchev–Trinajstić information content (AvgIpc) is 2.39. The highest BCUT2D eigenvalue weighted by Gasteiger charge is 2.33. The molecule has 4 heteroatoms. The molecular formula is C13H24ClNO2.